The van der Waals surface area contributed by atoms with Gasteiger partial charge in [0.1, 0.15) is 4.88 Å². The van der Waals surface area contributed by atoms with Crippen molar-refractivity contribution in [1.29, 1.82) is 0 Å². The molecule has 0 bridgehead atoms. The maximum atomic E-state index is 12.9. The zero-order chi connectivity index (χ0) is 17.8. The number of carbonyl (C=O) groups excluding carboxylic acids is 1. The average Bonchev–Trinajstić information content (AvgIpc) is 3.37. The van der Waals surface area contributed by atoms with Gasteiger partial charge in [-0.1, -0.05) is 41.7 Å². The van der Waals surface area contributed by atoms with Gasteiger partial charge in [0, 0.05) is 31.8 Å². The van der Waals surface area contributed by atoms with Gasteiger partial charge in [0.2, 0.25) is 0 Å². The summed E-state index contributed by atoms with van der Waals surface area (Å²) >= 11 is 1.51. The van der Waals surface area contributed by atoms with Crippen molar-refractivity contribution in [2.24, 2.45) is 0 Å². The van der Waals surface area contributed by atoms with Crippen LogP contribution in [0.3, 0.4) is 0 Å². The minimum absolute atomic E-state index is 0.0416. The van der Waals surface area contributed by atoms with E-state index >= 15 is 0 Å². The summed E-state index contributed by atoms with van der Waals surface area (Å²) in [7, 11) is 0. The van der Waals surface area contributed by atoms with Crippen LogP contribution < -0.4 is 10.2 Å². The highest BCUT2D eigenvalue weighted by Crippen LogP contribution is 2.34. The van der Waals surface area contributed by atoms with Crippen molar-refractivity contribution in [3.8, 4) is 11.3 Å². The third-order valence-electron chi connectivity index (χ3n) is 5.01. The fraction of sp³-hybridized carbons (Fsp3) is 0.500. The quantitative estimate of drug-likeness (QED) is 0.871. The maximum absolute atomic E-state index is 12.9. The van der Waals surface area contributed by atoms with Crippen LogP contribution in [0.15, 0.2) is 30.3 Å². The molecule has 2 saturated heterocycles. The molecule has 1 N–H and O–H groups in total. The highest BCUT2D eigenvalue weighted by Gasteiger charge is 2.24. The predicted octanol–water partition coefficient (Wildman–Crippen LogP) is 3.71. The number of hydrogen-bond donors (Lipinski definition) is 1. The first-order chi connectivity index (χ1) is 12.8. The first-order valence-electron chi connectivity index (χ1n) is 9.52. The van der Waals surface area contributed by atoms with E-state index in [0.717, 1.165) is 48.9 Å². The molecule has 5 nitrogen and oxygen atoms in total. The standard InChI is InChI=1S/C20H25N3O2S/c24-19(21-14-16-10-7-13-25-16)18-17(15-8-3-1-4-9-15)22-20(26-18)23-11-5-2-6-12-23/h1,3-4,8-9,16H,2,5-7,10-14H2,(H,21,24)/t16-/m0/s1. The van der Waals surface area contributed by atoms with Gasteiger partial charge in [0.05, 0.1) is 11.8 Å². The molecule has 1 aromatic carbocycles. The average molecular weight is 372 g/mol. The molecule has 0 spiro atoms. The van der Waals surface area contributed by atoms with Crippen molar-refractivity contribution >= 4 is 22.4 Å². The van der Waals surface area contributed by atoms with E-state index in [1.165, 1.54) is 30.6 Å². The molecule has 1 amide bonds. The molecule has 1 aromatic heterocycles. The zero-order valence-electron chi connectivity index (χ0n) is 14.9. The molecule has 1 atom stereocenters. The fourth-order valence-electron chi connectivity index (χ4n) is 3.57. The number of amides is 1. The predicted molar refractivity (Wildman–Crippen MR) is 105 cm³/mol. The molecule has 2 aliphatic rings. The van der Waals surface area contributed by atoms with E-state index in [9.17, 15) is 4.79 Å². The largest absolute Gasteiger partial charge is 0.376 e. The molecule has 2 fully saturated rings. The molecule has 2 aromatic rings. The normalized spacial score (nSPS) is 20.3. The Kier molecular flexibility index (Phi) is 5.51. The lowest BCUT2D eigenvalue weighted by Gasteiger charge is -2.25. The Morgan fingerprint density at radius 2 is 2.00 bits per heavy atom. The van der Waals surface area contributed by atoms with Crippen LogP contribution in [-0.2, 0) is 4.74 Å². The molecule has 0 saturated carbocycles. The second kappa shape index (κ2) is 8.18. The van der Waals surface area contributed by atoms with E-state index in [0.29, 0.717) is 11.4 Å². The minimum atomic E-state index is -0.0416. The number of thiazole rings is 1. The Labute approximate surface area is 158 Å². The van der Waals surface area contributed by atoms with Gasteiger partial charge in [-0.25, -0.2) is 4.98 Å². The van der Waals surface area contributed by atoms with Crippen LogP contribution in [0.25, 0.3) is 11.3 Å². The van der Waals surface area contributed by atoms with E-state index in [1.807, 2.05) is 30.3 Å². The summed E-state index contributed by atoms with van der Waals surface area (Å²) in [5, 5.41) is 4.02. The highest BCUT2D eigenvalue weighted by atomic mass is 32.1. The number of carbonyl (C=O) groups is 1. The van der Waals surface area contributed by atoms with Gasteiger partial charge in [0.25, 0.3) is 5.91 Å². The Balaban J connectivity index is 1.58. The molecule has 6 heteroatoms. The van der Waals surface area contributed by atoms with E-state index < -0.39 is 0 Å². The van der Waals surface area contributed by atoms with Gasteiger partial charge in [-0.05, 0) is 32.1 Å². The summed E-state index contributed by atoms with van der Waals surface area (Å²) in [6.45, 7) is 3.43. The molecule has 0 aliphatic carbocycles. The smallest absolute Gasteiger partial charge is 0.263 e. The lowest BCUT2D eigenvalue weighted by atomic mass is 10.1. The number of ether oxygens (including phenoxy) is 1. The number of nitrogens with zero attached hydrogens (tertiary/aromatic N) is 2. The van der Waals surface area contributed by atoms with Gasteiger partial charge in [0.15, 0.2) is 5.13 Å². The van der Waals surface area contributed by atoms with E-state index in [4.69, 9.17) is 9.72 Å². The van der Waals surface area contributed by atoms with Crippen molar-refractivity contribution in [2.45, 2.75) is 38.2 Å². The summed E-state index contributed by atoms with van der Waals surface area (Å²) in [4.78, 5) is 20.8. The van der Waals surface area contributed by atoms with Crippen molar-refractivity contribution in [3.63, 3.8) is 0 Å². The molecule has 0 radical (unpaired) electrons. The Bertz CT molecular complexity index is 735. The third kappa shape index (κ3) is 3.91. The second-order valence-corrected chi connectivity index (χ2v) is 7.91. The van der Waals surface area contributed by atoms with Crippen LogP contribution >= 0.6 is 11.3 Å². The van der Waals surface area contributed by atoms with Crippen LogP contribution in [0.4, 0.5) is 5.13 Å². The van der Waals surface area contributed by atoms with Gasteiger partial charge in [-0.15, -0.1) is 0 Å². The van der Waals surface area contributed by atoms with Crippen molar-refractivity contribution in [1.82, 2.24) is 10.3 Å². The Hall–Kier alpha value is -1.92. The highest BCUT2D eigenvalue weighted by molar-refractivity contribution is 7.18. The number of piperidine rings is 1. The Morgan fingerprint density at radius 3 is 2.73 bits per heavy atom. The van der Waals surface area contributed by atoms with Crippen molar-refractivity contribution < 1.29 is 9.53 Å². The Morgan fingerprint density at radius 1 is 1.19 bits per heavy atom. The summed E-state index contributed by atoms with van der Waals surface area (Å²) in [6.07, 6.45) is 5.92. The number of benzene rings is 1. The number of nitrogens with one attached hydrogen (secondary N) is 1. The van der Waals surface area contributed by atoms with Crippen molar-refractivity contribution in [2.75, 3.05) is 31.1 Å². The zero-order valence-corrected chi connectivity index (χ0v) is 15.8. The SMILES string of the molecule is O=C(NC[C@@H]1CCCO1)c1sc(N2CCCCC2)nc1-c1ccccc1. The minimum Gasteiger partial charge on any atom is -0.376 e. The molecule has 26 heavy (non-hydrogen) atoms. The van der Waals surface area contributed by atoms with Gasteiger partial charge in [-0.2, -0.15) is 0 Å². The van der Waals surface area contributed by atoms with Gasteiger partial charge >= 0.3 is 0 Å². The molecule has 2 aliphatic heterocycles. The fourth-order valence-corrected chi connectivity index (χ4v) is 4.62. The molecule has 0 unspecified atom stereocenters. The first kappa shape index (κ1) is 17.5. The lowest BCUT2D eigenvalue weighted by molar-refractivity contribution is 0.0861. The molecular weight excluding hydrogens is 346 g/mol. The van der Waals surface area contributed by atoms with E-state index in [-0.39, 0.29) is 12.0 Å². The first-order valence-corrected chi connectivity index (χ1v) is 10.3. The van der Waals surface area contributed by atoms with Crippen molar-refractivity contribution in [3.05, 3.63) is 35.2 Å². The number of aromatic nitrogens is 1. The molecule has 138 valence electrons. The molecular formula is C20H25N3O2S. The maximum Gasteiger partial charge on any atom is 0.263 e. The molecule has 4 rings (SSSR count). The number of anilines is 1. The van der Waals surface area contributed by atoms with Crippen LogP contribution in [0, 0.1) is 0 Å². The monoisotopic (exact) mass is 371 g/mol. The third-order valence-corrected chi connectivity index (χ3v) is 6.13. The van der Waals surface area contributed by atoms with Crippen LogP contribution in [0.1, 0.15) is 41.8 Å². The van der Waals surface area contributed by atoms with E-state index in [1.54, 1.807) is 0 Å². The van der Waals surface area contributed by atoms with Gasteiger partial charge in [-0.3, -0.25) is 4.79 Å². The topological polar surface area (TPSA) is 54.5 Å². The van der Waals surface area contributed by atoms with Gasteiger partial charge < -0.3 is 15.0 Å². The summed E-state index contributed by atoms with van der Waals surface area (Å²) in [5.41, 5.74) is 1.79. The second-order valence-electron chi connectivity index (χ2n) is 6.93. The van der Waals surface area contributed by atoms with Crippen LogP contribution in [0.5, 0.6) is 0 Å². The van der Waals surface area contributed by atoms with Crippen LogP contribution in [0.2, 0.25) is 0 Å². The lowest BCUT2D eigenvalue weighted by Crippen LogP contribution is -2.31. The summed E-state index contributed by atoms with van der Waals surface area (Å²) in [6, 6.07) is 10.0. The van der Waals surface area contributed by atoms with E-state index in [2.05, 4.69) is 10.2 Å². The number of rotatable bonds is 5. The summed E-state index contributed by atoms with van der Waals surface area (Å²) < 4.78 is 5.62. The molecule has 3 heterocycles. The number of hydrogen-bond acceptors (Lipinski definition) is 5. The summed E-state index contributed by atoms with van der Waals surface area (Å²) in [5.74, 6) is -0.0416. The van der Waals surface area contributed by atoms with Crippen LogP contribution in [-0.4, -0.2) is 43.2 Å².